The Labute approximate surface area is 181 Å². The number of rotatable bonds is 8. The number of carbonyl (C=O) groups excluding carboxylic acids is 1. The Balaban J connectivity index is 2.06. The summed E-state index contributed by atoms with van der Waals surface area (Å²) in [4.78, 5) is 17.6. The van der Waals surface area contributed by atoms with Crippen LogP contribution in [0.2, 0.25) is 0 Å². The molecule has 0 radical (unpaired) electrons. The highest BCUT2D eigenvalue weighted by atomic mass is 19.1. The normalized spacial score (nSPS) is 12.9. The number of hydrogen-bond donors (Lipinski definition) is 2. The van der Waals surface area contributed by atoms with E-state index in [1.54, 1.807) is 44.6 Å². The molecule has 31 heavy (non-hydrogen) atoms. The molecule has 0 aliphatic heterocycles. The summed E-state index contributed by atoms with van der Waals surface area (Å²) >= 11 is 0. The molecule has 3 aromatic rings. The summed E-state index contributed by atoms with van der Waals surface area (Å²) in [5.41, 5.74) is 8.96. The number of hydrogen-bond acceptors (Lipinski definition) is 5. The van der Waals surface area contributed by atoms with Gasteiger partial charge in [-0.3, -0.25) is 9.79 Å². The Morgan fingerprint density at radius 2 is 1.77 bits per heavy atom. The predicted octanol–water partition coefficient (Wildman–Crippen LogP) is 4.63. The number of nitrogens with one attached hydrogen (secondary N) is 1. The number of benzene rings is 3. The number of ketones is 1. The fourth-order valence-corrected chi connectivity index (χ4v) is 3.17. The van der Waals surface area contributed by atoms with Gasteiger partial charge in [0.2, 0.25) is 5.78 Å². The average Bonchev–Trinajstić information content (AvgIpc) is 2.81. The summed E-state index contributed by atoms with van der Waals surface area (Å²) in [6.07, 6.45) is 1.57. The summed E-state index contributed by atoms with van der Waals surface area (Å²) in [6.45, 7) is 0. The minimum absolute atomic E-state index is 0.0570. The molecule has 6 heteroatoms. The maximum absolute atomic E-state index is 13.5. The van der Waals surface area contributed by atoms with Crippen molar-refractivity contribution in [3.63, 3.8) is 0 Å². The first kappa shape index (κ1) is 21.8. The van der Waals surface area contributed by atoms with Crippen LogP contribution in [-0.2, 0) is 4.79 Å². The van der Waals surface area contributed by atoms with E-state index in [0.717, 1.165) is 5.56 Å². The van der Waals surface area contributed by atoms with Crippen LogP contribution in [0, 0.1) is 5.82 Å². The van der Waals surface area contributed by atoms with Crippen LogP contribution >= 0.6 is 0 Å². The predicted molar refractivity (Wildman–Crippen MR) is 123 cm³/mol. The summed E-state index contributed by atoms with van der Waals surface area (Å²) in [5.74, 6) is -0.0991. The number of nitrogens with two attached hydrogens (primary N) is 1. The van der Waals surface area contributed by atoms with Gasteiger partial charge in [0.25, 0.3) is 0 Å². The Hall–Kier alpha value is -3.93. The van der Waals surface area contributed by atoms with E-state index in [4.69, 9.17) is 10.5 Å². The summed E-state index contributed by atoms with van der Waals surface area (Å²) < 4.78 is 18.8. The number of carbonyl (C=O) groups is 1. The van der Waals surface area contributed by atoms with Crippen LogP contribution in [-0.4, -0.2) is 26.2 Å². The van der Waals surface area contributed by atoms with Crippen molar-refractivity contribution in [2.45, 2.75) is 6.04 Å². The monoisotopic (exact) mass is 417 g/mol. The topological polar surface area (TPSA) is 76.7 Å². The number of halogens is 1. The fraction of sp³-hybridized carbons (Fsp3) is 0.120. The molecular weight excluding hydrogens is 393 g/mol. The van der Waals surface area contributed by atoms with Gasteiger partial charge in [0, 0.05) is 30.6 Å². The van der Waals surface area contributed by atoms with E-state index in [0.29, 0.717) is 22.6 Å². The number of anilines is 1. The Bertz CT molecular complexity index is 1090. The smallest absolute Gasteiger partial charge is 0.205 e. The van der Waals surface area contributed by atoms with E-state index in [1.165, 1.54) is 12.1 Å². The third-order valence-electron chi connectivity index (χ3n) is 4.74. The van der Waals surface area contributed by atoms with Crippen molar-refractivity contribution in [2.24, 2.45) is 10.7 Å². The molecule has 1 unspecified atom stereocenters. The molecule has 3 rings (SSSR count). The molecule has 0 aliphatic rings. The molecular formula is C25H24FN3O2. The molecule has 0 amide bonds. The van der Waals surface area contributed by atoms with Gasteiger partial charge in [0.05, 0.1) is 12.8 Å². The molecule has 0 spiro atoms. The van der Waals surface area contributed by atoms with Crippen LogP contribution < -0.4 is 15.8 Å². The van der Waals surface area contributed by atoms with Crippen molar-refractivity contribution in [2.75, 3.05) is 19.5 Å². The van der Waals surface area contributed by atoms with Crippen molar-refractivity contribution in [1.29, 1.82) is 0 Å². The molecule has 158 valence electrons. The van der Waals surface area contributed by atoms with Crippen molar-refractivity contribution in [1.82, 2.24) is 0 Å². The highest BCUT2D eigenvalue weighted by molar-refractivity contribution is 6.20. The van der Waals surface area contributed by atoms with Gasteiger partial charge in [-0.25, -0.2) is 4.39 Å². The zero-order valence-electron chi connectivity index (χ0n) is 17.4. The van der Waals surface area contributed by atoms with Crippen LogP contribution in [0.3, 0.4) is 0 Å². The first-order chi connectivity index (χ1) is 15.0. The summed E-state index contributed by atoms with van der Waals surface area (Å²) in [7, 11) is 3.19. The van der Waals surface area contributed by atoms with Gasteiger partial charge < -0.3 is 15.8 Å². The van der Waals surface area contributed by atoms with Gasteiger partial charge in [-0.05, 0) is 35.4 Å². The minimum atomic E-state index is -0.836. The van der Waals surface area contributed by atoms with Gasteiger partial charge in [-0.15, -0.1) is 0 Å². The number of methoxy groups -OCH3 is 1. The van der Waals surface area contributed by atoms with Crippen LogP contribution in [0.15, 0.2) is 89.6 Å². The van der Waals surface area contributed by atoms with Crippen LogP contribution in [0.25, 0.3) is 5.57 Å². The molecule has 0 aliphatic carbocycles. The van der Waals surface area contributed by atoms with E-state index < -0.39 is 6.04 Å². The SMILES string of the molecule is CN=CC(=C(N)C(=O)C(Nc1cccc(OC)c1)c1ccc(F)cc1)c1ccccc1. The quantitative estimate of drug-likeness (QED) is 0.414. The van der Waals surface area contributed by atoms with Crippen LogP contribution in [0.5, 0.6) is 5.75 Å². The molecule has 0 aromatic heterocycles. The largest absolute Gasteiger partial charge is 0.497 e. The van der Waals surface area contributed by atoms with Gasteiger partial charge in [0.15, 0.2) is 0 Å². The van der Waals surface area contributed by atoms with Crippen molar-refractivity contribution >= 4 is 23.3 Å². The number of ether oxygens (including phenoxy) is 1. The molecule has 3 aromatic carbocycles. The number of Topliss-reactive ketones (excluding diaryl/α,β-unsaturated/α-hetero) is 1. The van der Waals surface area contributed by atoms with E-state index in [1.807, 2.05) is 42.5 Å². The lowest BCUT2D eigenvalue weighted by molar-refractivity contribution is -0.116. The van der Waals surface area contributed by atoms with Crippen molar-refractivity contribution < 1.29 is 13.9 Å². The molecule has 0 heterocycles. The van der Waals surface area contributed by atoms with E-state index in [-0.39, 0.29) is 17.3 Å². The third kappa shape index (κ3) is 5.36. The zero-order valence-corrected chi connectivity index (χ0v) is 17.4. The number of nitrogens with zero attached hydrogens (tertiary/aromatic N) is 1. The van der Waals surface area contributed by atoms with Gasteiger partial charge in [0.1, 0.15) is 17.6 Å². The highest BCUT2D eigenvalue weighted by Crippen LogP contribution is 2.27. The molecule has 0 saturated heterocycles. The Morgan fingerprint density at radius 3 is 2.42 bits per heavy atom. The highest BCUT2D eigenvalue weighted by Gasteiger charge is 2.25. The molecule has 1 atom stereocenters. The van der Waals surface area contributed by atoms with Gasteiger partial charge >= 0.3 is 0 Å². The van der Waals surface area contributed by atoms with E-state index in [9.17, 15) is 9.18 Å². The van der Waals surface area contributed by atoms with Crippen molar-refractivity contribution in [3.8, 4) is 5.75 Å². The summed E-state index contributed by atoms with van der Waals surface area (Å²) in [5, 5.41) is 3.21. The first-order valence-electron chi connectivity index (χ1n) is 9.71. The molecule has 0 bridgehead atoms. The minimum Gasteiger partial charge on any atom is -0.497 e. The fourth-order valence-electron chi connectivity index (χ4n) is 3.17. The lowest BCUT2D eigenvalue weighted by atomic mass is 9.95. The maximum Gasteiger partial charge on any atom is 0.205 e. The lowest BCUT2D eigenvalue weighted by Crippen LogP contribution is -2.27. The summed E-state index contributed by atoms with van der Waals surface area (Å²) in [6, 6.07) is 21.5. The van der Waals surface area contributed by atoms with Gasteiger partial charge in [-0.1, -0.05) is 48.5 Å². The molecule has 5 nitrogen and oxygen atoms in total. The third-order valence-corrected chi connectivity index (χ3v) is 4.74. The van der Waals surface area contributed by atoms with Crippen LogP contribution in [0.1, 0.15) is 17.2 Å². The zero-order chi connectivity index (χ0) is 22.2. The molecule has 0 fully saturated rings. The second-order valence-electron chi connectivity index (χ2n) is 6.81. The van der Waals surface area contributed by atoms with E-state index >= 15 is 0 Å². The number of aliphatic imine (C=N–C) groups is 1. The van der Waals surface area contributed by atoms with Crippen molar-refractivity contribution in [3.05, 3.63) is 102 Å². The Kier molecular flexibility index (Phi) is 7.17. The first-order valence-corrected chi connectivity index (χ1v) is 9.71. The second-order valence-corrected chi connectivity index (χ2v) is 6.81. The van der Waals surface area contributed by atoms with Gasteiger partial charge in [-0.2, -0.15) is 0 Å². The Morgan fingerprint density at radius 1 is 1.06 bits per heavy atom. The average molecular weight is 417 g/mol. The lowest BCUT2D eigenvalue weighted by Gasteiger charge is -2.21. The van der Waals surface area contributed by atoms with E-state index in [2.05, 4.69) is 10.3 Å². The standard InChI is InChI=1S/C25H24FN3O2/c1-28-16-22(17-7-4-3-5-8-17)23(27)25(30)24(18-11-13-19(26)14-12-18)29-20-9-6-10-21(15-20)31-2/h3-16,24,29H,27H2,1-2H3. The van der Waals surface area contributed by atoms with Crippen LogP contribution in [0.4, 0.5) is 10.1 Å². The molecule has 3 N–H and O–H groups in total. The maximum atomic E-state index is 13.5. The number of allylic oxidation sites excluding steroid dienone is 1. The second kappa shape index (κ2) is 10.2. The molecule has 0 saturated carbocycles.